The molecular formula is C15H25N3O2S. The Morgan fingerprint density at radius 1 is 1.38 bits per heavy atom. The second-order valence-electron chi connectivity index (χ2n) is 6.50. The van der Waals surface area contributed by atoms with E-state index in [1.54, 1.807) is 12.3 Å². The van der Waals surface area contributed by atoms with Gasteiger partial charge in [0.1, 0.15) is 0 Å². The minimum atomic E-state index is -3.38. The summed E-state index contributed by atoms with van der Waals surface area (Å²) in [5, 5.41) is 3.26. The van der Waals surface area contributed by atoms with Gasteiger partial charge in [-0.05, 0) is 56.0 Å². The molecular weight excluding hydrogens is 286 g/mol. The Bertz CT molecular complexity index is 586. The van der Waals surface area contributed by atoms with E-state index in [2.05, 4.69) is 21.9 Å². The molecule has 21 heavy (non-hydrogen) atoms. The molecule has 0 spiro atoms. The second kappa shape index (κ2) is 5.74. The monoisotopic (exact) mass is 311 g/mol. The van der Waals surface area contributed by atoms with Gasteiger partial charge < -0.3 is 10.3 Å². The van der Waals surface area contributed by atoms with Crippen LogP contribution < -0.4 is 10.0 Å². The Labute approximate surface area is 127 Å². The maximum absolute atomic E-state index is 12.3. The summed E-state index contributed by atoms with van der Waals surface area (Å²) >= 11 is 0. The zero-order valence-corrected chi connectivity index (χ0v) is 13.4. The first-order valence-corrected chi connectivity index (χ1v) is 9.42. The normalized spacial score (nSPS) is 20.6. The lowest BCUT2D eigenvalue weighted by molar-refractivity contribution is 0.432. The fourth-order valence-electron chi connectivity index (χ4n) is 2.98. The van der Waals surface area contributed by atoms with Crippen molar-refractivity contribution in [3.05, 3.63) is 18.0 Å². The highest BCUT2D eigenvalue weighted by Crippen LogP contribution is 2.60. The van der Waals surface area contributed by atoms with E-state index in [0.29, 0.717) is 18.0 Å². The number of aromatic amines is 1. The van der Waals surface area contributed by atoms with Crippen molar-refractivity contribution >= 4 is 10.0 Å². The molecule has 0 unspecified atom stereocenters. The van der Waals surface area contributed by atoms with Gasteiger partial charge in [-0.25, -0.2) is 13.1 Å². The van der Waals surface area contributed by atoms with E-state index in [9.17, 15) is 8.42 Å². The highest BCUT2D eigenvalue weighted by atomic mass is 32.2. The summed E-state index contributed by atoms with van der Waals surface area (Å²) in [5.41, 5.74) is 1.20. The molecule has 0 saturated heterocycles. The van der Waals surface area contributed by atoms with E-state index in [1.807, 2.05) is 0 Å². The van der Waals surface area contributed by atoms with Crippen molar-refractivity contribution in [2.45, 2.75) is 50.5 Å². The maximum atomic E-state index is 12.3. The van der Waals surface area contributed by atoms with Crippen LogP contribution in [0.25, 0.3) is 0 Å². The Balaban J connectivity index is 1.56. The maximum Gasteiger partial charge on any atom is 0.242 e. The van der Waals surface area contributed by atoms with Gasteiger partial charge in [0.15, 0.2) is 0 Å². The first kappa shape index (κ1) is 15.1. The molecule has 3 rings (SSSR count). The fourth-order valence-corrected chi connectivity index (χ4v) is 4.14. The molecule has 0 bridgehead atoms. The molecule has 0 radical (unpaired) electrons. The van der Waals surface area contributed by atoms with Gasteiger partial charge in [-0.1, -0.05) is 6.92 Å². The molecule has 0 amide bonds. The zero-order valence-electron chi connectivity index (χ0n) is 12.6. The molecule has 5 nitrogen and oxygen atoms in total. The summed E-state index contributed by atoms with van der Waals surface area (Å²) in [7, 11) is -3.38. The molecule has 1 aromatic rings. The third-order valence-electron chi connectivity index (χ3n) is 4.72. The van der Waals surface area contributed by atoms with E-state index in [4.69, 9.17) is 0 Å². The van der Waals surface area contributed by atoms with E-state index >= 15 is 0 Å². The van der Waals surface area contributed by atoms with Crippen molar-refractivity contribution in [3.8, 4) is 0 Å². The Morgan fingerprint density at radius 2 is 2.14 bits per heavy atom. The van der Waals surface area contributed by atoms with Crippen LogP contribution in [0.15, 0.2) is 17.2 Å². The Kier molecular flexibility index (Phi) is 4.12. The molecule has 2 aliphatic rings. The predicted octanol–water partition coefficient (Wildman–Crippen LogP) is 1.98. The number of hydrogen-bond acceptors (Lipinski definition) is 3. The van der Waals surface area contributed by atoms with Crippen molar-refractivity contribution in [3.63, 3.8) is 0 Å². The molecule has 118 valence electrons. The summed E-state index contributed by atoms with van der Waals surface area (Å²) in [6, 6.07) is 1.72. The topological polar surface area (TPSA) is 74.0 Å². The van der Waals surface area contributed by atoms with Gasteiger partial charge >= 0.3 is 0 Å². The van der Waals surface area contributed by atoms with Crippen LogP contribution in [0, 0.1) is 11.3 Å². The smallest absolute Gasteiger partial charge is 0.242 e. The first-order chi connectivity index (χ1) is 10.1. The van der Waals surface area contributed by atoms with Crippen LogP contribution in [-0.4, -0.2) is 26.5 Å². The Morgan fingerprint density at radius 3 is 2.76 bits per heavy atom. The molecule has 1 heterocycles. The third-order valence-corrected chi connectivity index (χ3v) is 6.10. The minimum absolute atomic E-state index is 0.287. The molecule has 2 fully saturated rings. The Hall–Kier alpha value is -0.850. The highest BCUT2D eigenvalue weighted by Gasteiger charge is 2.53. The van der Waals surface area contributed by atoms with E-state index < -0.39 is 10.0 Å². The lowest BCUT2D eigenvalue weighted by atomic mass is 10.0. The van der Waals surface area contributed by atoms with Gasteiger partial charge in [0.05, 0.1) is 4.90 Å². The van der Waals surface area contributed by atoms with Gasteiger partial charge in [0.2, 0.25) is 10.0 Å². The van der Waals surface area contributed by atoms with Crippen LogP contribution in [0.1, 0.15) is 44.7 Å². The van der Waals surface area contributed by atoms with Crippen LogP contribution in [0.3, 0.4) is 0 Å². The molecule has 0 atom stereocenters. The van der Waals surface area contributed by atoms with Crippen LogP contribution in [0.2, 0.25) is 0 Å². The van der Waals surface area contributed by atoms with Crippen LogP contribution in [0.4, 0.5) is 0 Å². The molecule has 0 aromatic carbocycles. The molecule has 6 heteroatoms. The van der Waals surface area contributed by atoms with Crippen molar-refractivity contribution in [2.24, 2.45) is 11.3 Å². The third kappa shape index (κ3) is 3.49. The van der Waals surface area contributed by atoms with Gasteiger partial charge in [-0.2, -0.15) is 0 Å². The molecule has 2 saturated carbocycles. The number of aromatic nitrogens is 1. The van der Waals surface area contributed by atoms with Crippen LogP contribution in [-0.2, 0) is 16.6 Å². The molecule has 2 aliphatic carbocycles. The lowest BCUT2D eigenvalue weighted by Gasteiger charge is -2.14. The van der Waals surface area contributed by atoms with Crippen molar-refractivity contribution < 1.29 is 8.42 Å². The minimum Gasteiger partial charge on any atom is -0.363 e. The summed E-state index contributed by atoms with van der Waals surface area (Å²) in [6.07, 6.45) is 7.57. The summed E-state index contributed by atoms with van der Waals surface area (Å²) < 4.78 is 27.5. The predicted molar refractivity (Wildman–Crippen MR) is 82.4 cm³/mol. The number of hydrogen-bond donors (Lipinski definition) is 3. The highest BCUT2D eigenvalue weighted by molar-refractivity contribution is 7.89. The quantitative estimate of drug-likeness (QED) is 0.611. The first-order valence-electron chi connectivity index (χ1n) is 7.93. The standard InChI is InChI=1S/C15H25N3O2S/c1-2-7-16-9-13-8-14(10-17-13)21(19,20)18-11-15(5-6-15)12-3-4-12/h8,10,12,16-18H,2-7,9,11H2,1H3. The number of rotatable bonds is 9. The van der Waals surface area contributed by atoms with Gasteiger partial charge in [0.25, 0.3) is 0 Å². The van der Waals surface area contributed by atoms with E-state index in [0.717, 1.165) is 24.6 Å². The van der Waals surface area contributed by atoms with Crippen LogP contribution in [0.5, 0.6) is 0 Å². The van der Waals surface area contributed by atoms with Crippen LogP contribution >= 0.6 is 0 Å². The van der Waals surface area contributed by atoms with Crippen molar-refractivity contribution in [1.29, 1.82) is 0 Å². The van der Waals surface area contributed by atoms with E-state index in [1.165, 1.54) is 25.7 Å². The number of H-pyrrole nitrogens is 1. The second-order valence-corrected chi connectivity index (χ2v) is 8.27. The summed E-state index contributed by atoms with van der Waals surface area (Å²) in [6.45, 7) is 4.32. The average Bonchev–Trinajstić information content (AvgIpc) is 3.35. The van der Waals surface area contributed by atoms with E-state index in [-0.39, 0.29) is 5.41 Å². The SMILES string of the molecule is CCCNCc1cc(S(=O)(=O)NCC2(C3CC3)CC2)c[nH]1. The molecule has 0 aliphatic heterocycles. The van der Waals surface area contributed by atoms with Gasteiger partial charge in [0, 0.05) is 25.0 Å². The van der Waals surface area contributed by atoms with Gasteiger partial charge in [-0.3, -0.25) is 0 Å². The summed E-state index contributed by atoms with van der Waals surface area (Å²) in [5.74, 6) is 0.764. The van der Waals surface area contributed by atoms with Gasteiger partial charge in [-0.15, -0.1) is 0 Å². The van der Waals surface area contributed by atoms with Crippen molar-refractivity contribution in [1.82, 2.24) is 15.0 Å². The van der Waals surface area contributed by atoms with Crippen molar-refractivity contribution in [2.75, 3.05) is 13.1 Å². The lowest BCUT2D eigenvalue weighted by Crippen LogP contribution is -2.31. The number of sulfonamides is 1. The zero-order chi connectivity index (χ0) is 14.9. The average molecular weight is 311 g/mol. The number of nitrogens with one attached hydrogen (secondary N) is 3. The molecule has 1 aromatic heterocycles. The largest absolute Gasteiger partial charge is 0.363 e. The summed E-state index contributed by atoms with van der Waals surface area (Å²) in [4.78, 5) is 3.39. The molecule has 3 N–H and O–H groups in total. The fraction of sp³-hybridized carbons (Fsp3) is 0.733.